The molecule has 4 atom stereocenters. The zero-order chi connectivity index (χ0) is 18.3. The fraction of sp³-hybridized carbons (Fsp3) is 0.421. The van der Waals surface area contributed by atoms with E-state index in [9.17, 15) is 14.4 Å². The first-order valence-corrected chi connectivity index (χ1v) is 8.81. The zero-order valence-electron chi connectivity index (χ0n) is 14.5. The van der Waals surface area contributed by atoms with Crippen LogP contribution in [-0.2, 0) is 9.59 Å². The summed E-state index contributed by atoms with van der Waals surface area (Å²) in [6.07, 6.45) is 6.06. The highest BCUT2D eigenvalue weighted by Gasteiger charge is 2.56. The average molecular weight is 355 g/mol. The minimum atomic E-state index is -0.494. The summed E-state index contributed by atoms with van der Waals surface area (Å²) in [5, 5.41) is 5.27. The molecule has 2 N–H and O–H groups in total. The summed E-state index contributed by atoms with van der Waals surface area (Å²) in [6.45, 7) is -0.120. The Bertz CT molecular complexity index is 759. The van der Waals surface area contributed by atoms with Crippen LogP contribution in [0, 0.1) is 23.7 Å². The van der Waals surface area contributed by atoms with Crippen molar-refractivity contribution >= 4 is 23.5 Å². The van der Waals surface area contributed by atoms with Gasteiger partial charge in [-0.3, -0.25) is 14.5 Å². The Balaban J connectivity index is 1.40. The van der Waals surface area contributed by atoms with Crippen LogP contribution in [-0.4, -0.2) is 36.5 Å². The number of likely N-dealkylation sites (tertiary alicyclic amines) is 1. The summed E-state index contributed by atoms with van der Waals surface area (Å²) in [6, 6.07) is 6.53. The van der Waals surface area contributed by atoms with Crippen molar-refractivity contribution in [3.05, 3.63) is 36.4 Å². The molecular weight excluding hydrogens is 334 g/mol. The minimum absolute atomic E-state index is 0.120. The maximum atomic E-state index is 12.7. The zero-order valence-corrected chi connectivity index (χ0v) is 14.5. The van der Waals surface area contributed by atoms with Crippen molar-refractivity contribution in [2.24, 2.45) is 23.7 Å². The summed E-state index contributed by atoms with van der Waals surface area (Å²) in [5.74, 6) is -0.0312. The molecule has 26 heavy (non-hydrogen) atoms. The molecule has 1 saturated carbocycles. The monoisotopic (exact) mass is 355 g/mol. The van der Waals surface area contributed by atoms with Gasteiger partial charge in [0.15, 0.2) is 0 Å². The van der Waals surface area contributed by atoms with Crippen LogP contribution in [0.1, 0.15) is 12.8 Å². The number of rotatable bonds is 4. The van der Waals surface area contributed by atoms with Gasteiger partial charge >= 0.3 is 6.03 Å². The molecule has 0 unspecified atom stereocenters. The smallest absolute Gasteiger partial charge is 0.320 e. The Morgan fingerprint density at radius 1 is 1.12 bits per heavy atom. The van der Waals surface area contributed by atoms with Gasteiger partial charge < -0.3 is 15.4 Å². The number of fused-ring (bicyclic) bond motifs is 1. The van der Waals surface area contributed by atoms with Crippen molar-refractivity contribution in [2.75, 3.05) is 19.1 Å². The van der Waals surface area contributed by atoms with Gasteiger partial charge in [0.25, 0.3) is 0 Å². The molecule has 0 aromatic heterocycles. The molecule has 1 heterocycles. The molecule has 136 valence electrons. The van der Waals surface area contributed by atoms with E-state index in [0.29, 0.717) is 11.4 Å². The van der Waals surface area contributed by atoms with E-state index in [2.05, 4.69) is 22.8 Å². The number of hydrogen-bond donors (Lipinski definition) is 2. The number of amides is 4. The lowest BCUT2D eigenvalue weighted by atomic mass is 9.63. The standard InChI is InChI=1S/C19H21N3O4/c1-26-14-5-3-2-4-13(14)21-19(25)20-10-22-17(23)15-11-6-7-12(9-8-11)16(15)18(22)24/h2-7,11-12,15-16H,8-10H2,1H3,(H2,20,21,25)/t11-,12-,15-,16+/m0/s1. The molecule has 2 fully saturated rings. The molecule has 0 spiro atoms. The summed E-state index contributed by atoms with van der Waals surface area (Å²) in [4.78, 5) is 38.7. The average Bonchev–Trinajstić information content (AvgIpc) is 2.94. The lowest BCUT2D eigenvalue weighted by Crippen LogP contribution is -2.43. The molecule has 1 aromatic carbocycles. The predicted molar refractivity (Wildman–Crippen MR) is 94.2 cm³/mol. The number of anilines is 1. The summed E-state index contributed by atoms with van der Waals surface area (Å²) in [7, 11) is 1.52. The van der Waals surface area contributed by atoms with Crippen LogP contribution in [0.15, 0.2) is 36.4 Å². The molecule has 1 aliphatic heterocycles. The van der Waals surface area contributed by atoms with E-state index >= 15 is 0 Å². The van der Waals surface area contributed by atoms with Gasteiger partial charge in [0, 0.05) is 0 Å². The second kappa shape index (κ2) is 6.48. The lowest BCUT2D eigenvalue weighted by molar-refractivity contribution is -0.140. The van der Waals surface area contributed by atoms with Crippen molar-refractivity contribution < 1.29 is 19.1 Å². The molecule has 7 nitrogen and oxygen atoms in total. The molecule has 4 aliphatic rings. The van der Waals surface area contributed by atoms with E-state index in [1.807, 2.05) is 0 Å². The Morgan fingerprint density at radius 2 is 1.73 bits per heavy atom. The fourth-order valence-electron chi connectivity index (χ4n) is 4.36. The summed E-state index contributed by atoms with van der Waals surface area (Å²) in [5.41, 5.74) is 0.516. The fourth-order valence-corrected chi connectivity index (χ4v) is 4.36. The van der Waals surface area contributed by atoms with E-state index < -0.39 is 6.03 Å². The van der Waals surface area contributed by atoms with Gasteiger partial charge in [0.2, 0.25) is 11.8 Å². The second-order valence-electron chi connectivity index (χ2n) is 6.94. The van der Waals surface area contributed by atoms with Gasteiger partial charge in [-0.1, -0.05) is 24.3 Å². The third-order valence-electron chi connectivity index (χ3n) is 5.60. The van der Waals surface area contributed by atoms with Gasteiger partial charge in [-0.05, 0) is 36.8 Å². The Morgan fingerprint density at radius 3 is 2.31 bits per heavy atom. The van der Waals surface area contributed by atoms with Gasteiger partial charge in [0.05, 0.1) is 24.6 Å². The molecule has 3 aliphatic carbocycles. The predicted octanol–water partition coefficient (Wildman–Crippen LogP) is 1.97. The normalized spacial score (nSPS) is 28.9. The first-order valence-electron chi connectivity index (χ1n) is 8.81. The van der Waals surface area contributed by atoms with E-state index in [4.69, 9.17) is 4.74 Å². The highest BCUT2D eigenvalue weighted by Crippen LogP contribution is 2.49. The van der Waals surface area contributed by atoms with Crippen molar-refractivity contribution in [3.63, 3.8) is 0 Å². The van der Waals surface area contributed by atoms with Crippen LogP contribution in [0.2, 0.25) is 0 Å². The Kier molecular flexibility index (Phi) is 4.14. The second-order valence-corrected chi connectivity index (χ2v) is 6.94. The molecule has 0 radical (unpaired) electrons. The van der Waals surface area contributed by atoms with E-state index in [-0.39, 0.29) is 42.2 Å². The summed E-state index contributed by atoms with van der Waals surface area (Å²) < 4.78 is 5.18. The molecule has 5 rings (SSSR count). The highest BCUT2D eigenvalue weighted by atomic mass is 16.5. The van der Waals surface area contributed by atoms with Gasteiger partial charge in [-0.25, -0.2) is 4.79 Å². The number of hydrogen-bond acceptors (Lipinski definition) is 4. The van der Waals surface area contributed by atoms with Crippen molar-refractivity contribution in [1.82, 2.24) is 10.2 Å². The number of nitrogens with one attached hydrogen (secondary N) is 2. The number of imide groups is 1. The lowest BCUT2D eigenvalue weighted by Gasteiger charge is -2.38. The van der Waals surface area contributed by atoms with Gasteiger partial charge in [0.1, 0.15) is 12.4 Å². The SMILES string of the molecule is COc1ccccc1NC(=O)NCN1C(=O)[C@@H]2[C@H](C1=O)[C@H]1C=C[C@H]2CC1. The van der Waals surface area contributed by atoms with E-state index in [1.54, 1.807) is 24.3 Å². The number of nitrogens with zero attached hydrogens (tertiary/aromatic N) is 1. The van der Waals surface area contributed by atoms with Crippen LogP contribution in [0.25, 0.3) is 0 Å². The van der Waals surface area contributed by atoms with E-state index in [0.717, 1.165) is 12.8 Å². The first-order chi connectivity index (χ1) is 12.6. The first kappa shape index (κ1) is 16.6. The molecule has 4 amide bonds. The van der Waals surface area contributed by atoms with Crippen LogP contribution in [0.4, 0.5) is 10.5 Å². The third kappa shape index (κ3) is 2.64. The molecule has 7 heteroatoms. The minimum Gasteiger partial charge on any atom is -0.495 e. The Hall–Kier alpha value is -2.83. The largest absolute Gasteiger partial charge is 0.495 e. The summed E-state index contributed by atoms with van der Waals surface area (Å²) >= 11 is 0. The van der Waals surface area contributed by atoms with Crippen molar-refractivity contribution in [2.45, 2.75) is 12.8 Å². The number of urea groups is 1. The van der Waals surface area contributed by atoms with Crippen LogP contribution >= 0.6 is 0 Å². The third-order valence-corrected chi connectivity index (χ3v) is 5.60. The maximum Gasteiger partial charge on any atom is 0.320 e. The molecular formula is C19H21N3O4. The number of ether oxygens (including phenoxy) is 1. The van der Waals surface area contributed by atoms with Crippen LogP contribution < -0.4 is 15.4 Å². The number of carbonyl (C=O) groups is 3. The quantitative estimate of drug-likeness (QED) is 0.638. The number of carbonyl (C=O) groups excluding carboxylic acids is 3. The number of benzene rings is 1. The molecule has 1 aromatic rings. The van der Waals surface area contributed by atoms with Crippen molar-refractivity contribution in [3.8, 4) is 5.75 Å². The highest BCUT2D eigenvalue weighted by molar-refractivity contribution is 6.06. The Labute approximate surface area is 151 Å². The molecule has 1 saturated heterocycles. The molecule has 2 bridgehead atoms. The van der Waals surface area contributed by atoms with Crippen LogP contribution in [0.3, 0.4) is 0 Å². The van der Waals surface area contributed by atoms with Gasteiger partial charge in [-0.2, -0.15) is 0 Å². The van der Waals surface area contributed by atoms with Gasteiger partial charge in [-0.15, -0.1) is 0 Å². The number of methoxy groups -OCH3 is 1. The van der Waals surface area contributed by atoms with Crippen molar-refractivity contribution in [1.29, 1.82) is 0 Å². The number of allylic oxidation sites excluding steroid dienone is 2. The number of para-hydroxylation sites is 2. The van der Waals surface area contributed by atoms with Crippen LogP contribution in [0.5, 0.6) is 5.75 Å². The topological polar surface area (TPSA) is 87.7 Å². The van der Waals surface area contributed by atoms with E-state index in [1.165, 1.54) is 12.0 Å². The maximum absolute atomic E-state index is 12.7.